The number of amides is 1. The molecule has 1 aromatic heterocycles. The zero-order valence-corrected chi connectivity index (χ0v) is 16.6. The summed E-state index contributed by atoms with van der Waals surface area (Å²) in [6.45, 7) is 1.98. The molecule has 7 nitrogen and oxygen atoms in total. The largest absolute Gasteiger partial charge is 0.452 e. The maximum atomic E-state index is 12.2. The lowest BCUT2D eigenvalue weighted by atomic mass is 10.2. The van der Waals surface area contributed by atoms with Gasteiger partial charge in [0.2, 0.25) is 5.43 Å². The third-order valence-corrected chi connectivity index (χ3v) is 4.75. The van der Waals surface area contributed by atoms with Gasteiger partial charge in [0.15, 0.2) is 6.10 Å². The van der Waals surface area contributed by atoms with Crippen molar-refractivity contribution < 1.29 is 14.3 Å². The van der Waals surface area contributed by atoms with Crippen molar-refractivity contribution in [1.29, 1.82) is 0 Å². The quantitative estimate of drug-likeness (QED) is 0.601. The Bertz CT molecular complexity index is 1100. The number of hydrogen-bond acceptors (Lipinski definition) is 5. The van der Waals surface area contributed by atoms with E-state index in [-0.39, 0.29) is 24.9 Å². The Morgan fingerprint density at radius 2 is 1.90 bits per heavy atom. The van der Waals surface area contributed by atoms with Crippen molar-refractivity contribution in [1.82, 2.24) is 15.1 Å². The van der Waals surface area contributed by atoms with Crippen LogP contribution in [0.1, 0.15) is 18.9 Å². The van der Waals surface area contributed by atoms with Gasteiger partial charge in [-0.25, -0.2) is 0 Å². The Morgan fingerprint density at radius 1 is 1.17 bits per heavy atom. The number of nitrogens with one attached hydrogen (secondary N) is 1. The molecule has 1 N–H and O–H groups in total. The first kappa shape index (κ1) is 20.5. The minimum atomic E-state index is -0.941. The van der Waals surface area contributed by atoms with Gasteiger partial charge < -0.3 is 10.1 Å². The maximum absolute atomic E-state index is 12.2. The van der Waals surface area contributed by atoms with E-state index >= 15 is 0 Å². The molecule has 29 heavy (non-hydrogen) atoms. The molecule has 0 fully saturated rings. The number of carbonyl (C=O) groups is 2. The van der Waals surface area contributed by atoms with Gasteiger partial charge in [0, 0.05) is 17.0 Å². The molecule has 0 radical (unpaired) electrons. The molecule has 3 rings (SSSR count). The maximum Gasteiger partial charge on any atom is 0.308 e. The van der Waals surface area contributed by atoms with Crippen molar-refractivity contribution >= 4 is 34.4 Å². The van der Waals surface area contributed by atoms with Gasteiger partial charge in [-0.05, 0) is 30.7 Å². The van der Waals surface area contributed by atoms with E-state index in [4.69, 9.17) is 16.3 Å². The molecule has 0 bridgehead atoms. The summed E-state index contributed by atoms with van der Waals surface area (Å²) in [7, 11) is 0. The van der Waals surface area contributed by atoms with Gasteiger partial charge in [-0.3, -0.25) is 19.1 Å². The smallest absolute Gasteiger partial charge is 0.308 e. The minimum absolute atomic E-state index is 0.0159. The second kappa shape index (κ2) is 9.34. The fourth-order valence-corrected chi connectivity index (χ4v) is 3.02. The van der Waals surface area contributed by atoms with Crippen LogP contribution in [0.5, 0.6) is 0 Å². The van der Waals surface area contributed by atoms with Crippen molar-refractivity contribution in [3.05, 3.63) is 75.5 Å². The molecule has 8 heteroatoms. The number of nitrogens with zero attached hydrogens (tertiary/aromatic N) is 2. The molecule has 0 saturated heterocycles. The van der Waals surface area contributed by atoms with Crippen LogP contribution in [0.3, 0.4) is 0 Å². The zero-order valence-electron chi connectivity index (χ0n) is 15.8. The van der Waals surface area contributed by atoms with E-state index in [1.807, 2.05) is 6.07 Å². The molecule has 2 aromatic carbocycles. The highest BCUT2D eigenvalue weighted by Gasteiger charge is 2.18. The number of esters is 1. The standard InChI is InChI=1S/C21H20ClN3O4/c1-14(21(28)23-12-15-6-2-4-8-17(15)22)29-20(27)10-11-25-18-9-5-3-7-16(18)19(26)13-24-25/h2-9,13-14H,10-12H2,1H3,(H,23,28). The second-order valence-electron chi connectivity index (χ2n) is 6.44. The summed E-state index contributed by atoms with van der Waals surface area (Å²) in [5.41, 5.74) is 1.23. The van der Waals surface area contributed by atoms with Crippen LogP contribution < -0.4 is 10.7 Å². The highest BCUT2D eigenvalue weighted by molar-refractivity contribution is 6.31. The Labute approximate surface area is 172 Å². The van der Waals surface area contributed by atoms with Gasteiger partial charge in [0.1, 0.15) is 0 Å². The number of carbonyl (C=O) groups excluding carboxylic acids is 2. The summed E-state index contributed by atoms with van der Waals surface area (Å²) in [5.74, 6) is -0.944. The fraction of sp³-hybridized carbons (Fsp3) is 0.238. The van der Waals surface area contributed by atoms with Crippen molar-refractivity contribution in [2.45, 2.75) is 32.5 Å². The average Bonchev–Trinajstić information content (AvgIpc) is 2.72. The molecule has 1 unspecified atom stereocenters. The molecule has 1 amide bonds. The first-order valence-corrected chi connectivity index (χ1v) is 9.49. The number of hydrogen-bond donors (Lipinski definition) is 1. The third-order valence-electron chi connectivity index (χ3n) is 4.38. The minimum Gasteiger partial charge on any atom is -0.452 e. The van der Waals surface area contributed by atoms with Crippen molar-refractivity contribution in [2.75, 3.05) is 0 Å². The topological polar surface area (TPSA) is 90.3 Å². The van der Waals surface area contributed by atoms with E-state index in [0.29, 0.717) is 15.9 Å². The Kier molecular flexibility index (Phi) is 6.61. The Morgan fingerprint density at radius 3 is 2.69 bits per heavy atom. The number of fused-ring (bicyclic) bond motifs is 1. The van der Waals surface area contributed by atoms with Gasteiger partial charge in [0.05, 0.1) is 24.7 Å². The summed E-state index contributed by atoms with van der Waals surface area (Å²) in [5, 5.41) is 7.85. The summed E-state index contributed by atoms with van der Waals surface area (Å²) in [6.07, 6.45) is 0.296. The van der Waals surface area contributed by atoms with Crippen LogP contribution in [0.4, 0.5) is 0 Å². The van der Waals surface area contributed by atoms with Crippen LogP contribution in [0.15, 0.2) is 59.5 Å². The number of para-hydroxylation sites is 1. The first-order chi connectivity index (χ1) is 14.0. The lowest BCUT2D eigenvalue weighted by Crippen LogP contribution is -2.35. The summed E-state index contributed by atoms with van der Waals surface area (Å²) < 4.78 is 6.77. The molecule has 0 aliphatic carbocycles. The number of halogens is 1. The van der Waals surface area contributed by atoms with Crippen LogP contribution in [-0.2, 0) is 27.4 Å². The van der Waals surface area contributed by atoms with Crippen LogP contribution in [0.25, 0.3) is 10.9 Å². The van der Waals surface area contributed by atoms with Gasteiger partial charge >= 0.3 is 5.97 Å². The molecule has 150 valence electrons. The van der Waals surface area contributed by atoms with Gasteiger partial charge in [-0.2, -0.15) is 5.10 Å². The molecule has 3 aromatic rings. The third kappa shape index (κ3) is 5.20. The monoisotopic (exact) mass is 413 g/mol. The number of rotatable bonds is 7. The number of aryl methyl sites for hydroxylation is 1. The molecule has 1 heterocycles. The summed E-state index contributed by atoms with van der Waals surface area (Å²) in [4.78, 5) is 36.2. The van der Waals surface area contributed by atoms with E-state index in [1.165, 1.54) is 13.1 Å². The lowest BCUT2D eigenvalue weighted by molar-refractivity contribution is -0.155. The molecule has 0 spiro atoms. The number of benzene rings is 2. The normalized spacial score (nSPS) is 11.8. The molecular weight excluding hydrogens is 394 g/mol. The van der Waals surface area contributed by atoms with Gasteiger partial charge in [-0.15, -0.1) is 0 Å². The highest BCUT2D eigenvalue weighted by Crippen LogP contribution is 2.14. The van der Waals surface area contributed by atoms with E-state index in [1.54, 1.807) is 47.1 Å². The van der Waals surface area contributed by atoms with E-state index in [2.05, 4.69) is 10.4 Å². The predicted molar refractivity (Wildman–Crippen MR) is 109 cm³/mol. The van der Waals surface area contributed by atoms with E-state index < -0.39 is 18.0 Å². The molecule has 1 atom stereocenters. The average molecular weight is 414 g/mol. The lowest BCUT2D eigenvalue weighted by Gasteiger charge is -2.14. The van der Waals surface area contributed by atoms with E-state index in [9.17, 15) is 14.4 Å². The number of aromatic nitrogens is 2. The SMILES string of the molecule is CC(OC(=O)CCn1ncc(=O)c2ccccc21)C(=O)NCc1ccccc1Cl. The summed E-state index contributed by atoms with van der Waals surface area (Å²) in [6, 6.07) is 14.2. The Balaban J connectivity index is 1.53. The van der Waals surface area contributed by atoms with Crippen molar-refractivity contribution in [3.8, 4) is 0 Å². The molecule has 0 saturated carbocycles. The van der Waals surface area contributed by atoms with Crippen LogP contribution in [-0.4, -0.2) is 27.8 Å². The molecule has 0 aliphatic rings. The number of ether oxygens (including phenoxy) is 1. The van der Waals surface area contributed by atoms with E-state index in [0.717, 1.165) is 5.56 Å². The van der Waals surface area contributed by atoms with Crippen molar-refractivity contribution in [3.63, 3.8) is 0 Å². The summed E-state index contributed by atoms with van der Waals surface area (Å²) >= 11 is 6.06. The molecule has 0 aliphatic heterocycles. The fourth-order valence-electron chi connectivity index (χ4n) is 2.81. The zero-order chi connectivity index (χ0) is 20.8. The first-order valence-electron chi connectivity index (χ1n) is 9.11. The highest BCUT2D eigenvalue weighted by atomic mass is 35.5. The Hall–Kier alpha value is -3.19. The van der Waals surface area contributed by atoms with Gasteiger partial charge in [0.25, 0.3) is 5.91 Å². The van der Waals surface area contributed by atoms with Crippen molar-refractivity contribution in [2.24, 2.45) is 0 Å². The van der Waals surface area contributed by atoms with Crippen LogP contribution >= 0.6 is 11.6 Å². The van der Waals surface area contributed by atoms with Crippen LogP contribution in [0, 0.1) is 0 Å². The molecular formula is C21H20ClN3O4. The van der Waals surface area contributed by atoms with Gasteiger partial charge in [-0.1, -0.05) is 41.9 Å². The van der Waals surface area contributed by atoms with Crippen LogP contribution in [0.2, 0.25) is 5.02 Å². The predicted octanol–water partition coefficient (Wildman–Crippen LogP) is 2.69. The second-order valence-corrected chi connectivity index (χ2v) is 6.85.